The zero-order valence-electron chi connectivity index (χ0n) is 12.7. The Morgan fingerprint density at radius 3 is 2.52 bits per heavy atom. The SMILES string of the molecule is CN1CCC(C)(CNC(=O)N2C[C@H](O)C[C@H]2C(=O)O)CC1. The zero-order valence-corrected chi connectivity index (χ0v) is 12.7. The number of β-amino-alcohol motifs (C(OH)–C–C–N with tert-alkyl or cyclic N) is 1. The Morgan fingerprint density at radius 2 is 1.95 bits per heavy atom. The average molecular weight is 299 g/mol. The molecule has 120 valence electrons. The van der Waals surface area contributed by atoms with Gasteiger partial charge >= 0.3 is 12.0 Å². The Labute approximate surface area is 124 Å². The van der Waals surface area contributed by atoms with Crippen molar-refractivity contribution in [3.8, 4) is 0 Å². The zero-order chi connectivity index (χ0) is 15.6. The lowest BCUT2D eigenvalue weighted by atomic mass is 9.80. The predicted molar refractivity (Wildman–Crippen MR) is 77.0 cm³/mol. The fourth-order valence-electron chi connectivity index (χ4n) is 3.00. The van der Waals surface area contributed by atoms with Gasteiger partial charge in [-0.2, -0.15) is 0 Å². The Kier molecular flexibility index (Phi) is 4.73. The molecule has 2 rings (SSSR count). The summed E-state index contributed by atoms with van der Waals surface area (Å²) in [7, 11) is 2.08. The smallest absolute Gasteiger partial charge is 0.326 e. The van der Waals surface area contributed by atoms with Crippen LogP contribution < -0.4 is 5.32 Å². The molecule has 2 aliphatic heterocycles. The van der Waals surface area contributed by atoms with Crippen molar-refractivity contribution in [2.45, 2.75) is 38.3 Å². The lowest BCUT2D eigenvalue weighted by Crippen LogP contribution is -2.50. The Hall–Kier alpha value is -1.34. The number of carbonyl (C=O) groups excluding carboxylic acids is 1. The van der Waals surface area contributed by atoms with Gasteiger partial charge in [0.15, 0.2) is 0 Å². The number of aliphatic hydroxyl groups is 1. The van der Waals surface area contributed by atoms with Crippen LogP contribution >= 0.6 is 0 Å². The number of aliphatic hydroxyl groups excluding tert-OH is 1. The van der Waals surface area contributed by atoms with E-state index in [1.165, 1.54) is 4.90 Å². The fraction of sp³-hybridized carbons (Fsp3) is 0.857. The van der Waals surface area contributed by atoms with Gasteiger partial charge in [0.05, 0.1) is 6.10 Å². The standard InChI is InChI=1S/C14H25N3O4/c1-14(3-5-16(2)6-4-14)9-15-13(21)17-8-10(18)7-11(17)12(19)20/h10-11,18H,3-9H2,1-2H3,(H,15,21)(H,19,20)/t10-,11+/m1/s1. The lowest BCUT2D eigenvalue weighted by Gasteiger charge is -2.38. The highest BCUT2D eigenvalue weighted by molar-refractivity contribution is 5.83. The summed E-state index contributed by atoms with van der Waals surface area (Å²) in [6.07, 6.45) is 1.37. The van der Waals surface area contributed by atoms with E-state index in [-0.39, 0.29) is 24.4 Å². The van der Waals surface area contributed by atoms with Crippen LogP contribution in [0.3, 0.4) is 0 Å². The lowest BCUT2D eigenvalue weighted by molar-refractivity contribution is -0.141. The second-order valence-electron chi connectivity index (χ2n) is 6.67. The van der Waals surface area contributed by atoms with Crippen LogP contribution in [0.5, 0.6) is 0 Å². The first-order valence-corrected chi connectivity index (χ1v) is 7.45. The minimum atomic E-state index is -1.06. The maximum absolute atomic E-state index is 12.2. The number of carbonyl (C=O) groups is 2. The van der Waals surface area contributed by atoms with Crippen LogP contribution in [-0.4, -0.2) is 77.4 Å². The molecule has 3 N–H and O–H groups in total. The molecule has 0 saturated carbocycles. The normalized spacial score (nSPS) is 29.4. The minimum Gasteiger partial charge on any atom is -0.480 e. The molecule has 7 heteroatoms. The first-order chi connectivity index (χ1) is 9.81. The molecule has 2 heterocycles. The number of nitrogens with zero attached hydrogens (tertiary/aromatic N) is 2. The highest BCUT2D eigenvalue weighted by atomic mass is 16.4. The van der Waals surface area contributed by atoms with Crippen LogP contribution in [0.15, 0.2) is 0 Å². The average Bonchev–Trinajstić information content (AvgIpc) is 2.82. The molecule has 0 radical (unpaired) electrons. The number of piperidine rings is 1. The van der Waals surface area contributed by atoms with Crippen molar-refractivity contribution in [1.29, 1.82) is 0 Å². The number of hydrogen-bond acceptors (Lipinski definition) is 4. The quantitative estimate of drug-likeness (QED) is 0.679. The summed E-state index contributed by atoms with van der Waals surface area (Å²) in [6, 6.07) is -1.32. The van der Waals surface area contributed by atoms with Gasteiger partial charge in [-0.25, -0.2) is 9.59 Å². The number of hydrogen-bond donors (Lipinski definition) is 3. The molecule has 2 atom stereocenters. The molecule has 2 aliphatic rings. The number of aliphatic carboxylic acids is 1. The van der Waals surface area contributed by atoms with Crippen molar-refractivity contribution < 1.29 is 19.8 Å². The number of rotatable bonds is 3. The van der Waals surface area contributed by atoms with Crippen LogP contribution in [0.4, 0.5) is 4.79 Å². The first-order valence-electron chi connectivity index (χ1n) is 7.45. The molecule has 2 amide bonds. The van der Waals surface area contributed by atoms with E-state index in [1.807, 2.05) is 0 Å². The second kappa shape index (κ2) is 6.19. The van der Waals surface area contributed by atoms with Crippen molar-refractivity contribution in [3.05, 3.63) is 0 Å². The topological polar surface area (TPSA) is 93.1 Å². The van der Waals surface area contributed by atoms with Gasteiger partial charge in [0.25, 0.3) is 0 Å². The van der Waals surface area contributed by atoms with Crippen molar-refractivity contribution in [2.24, 2.45) is 5.41 Å². The second-order valence-corrected chi connectivity index (χ2v) is 6.67. The highest BCUT2D eigenvalue weighted by Crippen LogP contribution is 2.29. The third kappa shape index (κ3) is 3.85. The molecular formula is C14H25N3O4. The van der Waals surface area contributed by atoms with Crippen molar-refractivity contribution in [1.82, 2.24) is 15.1 Å². The van der Waals surface area contributed by atoms with Gasteiger partial charge in [-0.15, -0.1) is 0 Å². The van der Waals surface area contributed by atoms with E-state index >= 15 is 0 Å². The van der Waals surface area contributed by atoms with E-state index in [1.54, 1.807) is 0 Å². The summed E-state index contributed by atoms with van der Waals surface area (Å²) < 4.78 is 0. The molecule has 2 saturated heterocycles. The van der Waals surface area contributed by atoms with E-state index in [2.05, 4.69) is 24.2 Å². The number of nitrogens with one attached hydrogen (secondary N) is 1. The van der Waals surface area contributed by atoms with Gasteiger partial charge in [0.1, 0.15) is 6.04 Å². The van der Waals surface area contributed by atoms with Crippen LogP contribution in [-0.2, 0) is 4.79 Å². The predicted octanol–water partition coefficient (Wildman–Crippen LogP) is -0.0523. The van der Waals surface area contributed by atoms with Crippen LogP contribution in [0.2, 0.25) is 0 Å². The fourth-order valence-corrected chi connectivity index (χ4v) is 3.00. The molecule has 0 aromatic rings. The number of urea groups is 1. The number of amides is 2. The third-order valence-electron chi connectivity index (χ3n) is 4.69. The monoisotopic (exact) mass is 299 g/mol. The Bertz CT molecular complexity index is 407. The largest absolute Gasteiger partial charge is 0.480 e. The number of carboxylic acid groups (broad SMARTS) is 1. The van der Waals surface area contributed by atoms with Gasteiger partial charge < -0.3 is 25.3 Å². The van der Waals surface area contributed by atoms with E-state index in [9.17, 15) is 14.7 Å². The number of likely N-dealkylation sites (tertiary alicyclic amines) is 2. The van der Waals surface area contributed by atoms with Gasteiger partial charge in [-0.05, 0) is 38.4 Å². The summed E-state index contributed by atoms with van der Waals surface area (Å²) in [5, 5.41) is 21.5. The summed E-state index contributed by atoms with van der Waals surface area (Å²) >= 11 is 0. The molecule has 0 unspecified atom stereocenters. The first kappa shape index (κ1) is 16.0. The van der Waals surface area contributed by atoms with E-state index < -0.39 is 18.1 Å². The molecular weight excluding hydrogens is 274 g/mol. The van der Waals surface area contributed by atoms with Gasteiger partial charge in [-0.1, -0.05) is 6.92 Å². The summed E-state index contributed by atoms with van der Waals surface area (Å²) in [4.78, 5) is 26.8. The Balaban J connectivity index is 1.88. The molecule has 7 nitrogen and oxygen atoms in total. The van der Waals surface area contributed by atoms with Crippen molar-refractivity contribution in [2.75, 3.05) is 33.2 Å². The van der Waals surface area contributed by atoms with Crippen molar-refractivity contribution in [3.63, 3.8) is 0 Å². The molecule has 21 heavy (non-hydrogen) atoms. The molecule has 0 bridgehead atoms. The number of carboxylic acids is 1. The third-order valence-corrected chi connectivity index (χ3v) is 4.69. The summed E-state index contributed by atoms with van der Waals surface area (Å²) in [5.41, 5.74) is 0.0548. The van der Waals surface area contributed by atoms with Crippen LogP contribution in [0.25, 0.3) is 0 Å². The maximum Gasteiger partial charge on any atom is 0.326 e. The van der Waals surface area contributed by atoms with E-state index in [0.29, 0.717) is 6.54 Å². The molecule has 0 aromatic heterocycles. The maximum atomic E-state index is 12.2. The van der Waals surface area contributed by atoms with Gasteiger partial charge in [0.2, 0.25) is 0 Å². The summed E-state index contributed by atoms with van der Waals surface area (Å²) in [5.74, 6) is -1.06. The van der Waals surface area contributed by atoms with Crippen LogP contribution in [0.1, 0.15) is 26.2 Å². The van der Waals surface area contributed by atoms with Crippen molar-refractivity contribution >= 4 is 12.0 Å². The molecule has 0 aliphatic carbocycles. The molecule has 0 aromatic carbocycles. The summed E-state index contributed by atoms with van der Waals surface area (Å²) in [6.45, 7) is 4.79. The highest BCUT2D eigenvalue weighted by Gasteiger charge is 2.39. The van der Waals surface area contributed by atoms with Gasteiger partial charge in [0, 0.05) is 19.5 Å². The molecule has 2 fully saturated rings. The van der Waals surface area contributed by atoms with E-state index in [0.717, 1.165) is 25.9 Å². The minimum absolute atomic E-state index is 0.0548. The Morgan fingerprint density at radius 1 is 1.33 bits per heavy atom. The van der Waals surface area contributed by atoms with Crippen LogP contribution in [0, 0.1) is 5.41 Å². The molecule has 0 spiro atoms. The van der Waals surface area contributed by atoms with Gasteiger partial charge in [-0.3, -0.25) is 0 Å². The van der Waals surface area contributed by atoms with E-state index in [4.69, 9.17) is 5.11 Å².